The third-order valence-electron chi connectivity index (χ3n) is 4.04. The van der Waals surface area contributed by atoms with E-state index in [9.17, 15) is 8.78 Å². The molecule has 7 heteroatoms. The molecule has 1 fully saturated rings. The Bertz CT molecular complexity index is 637. The van der Waals surface area contributed by atoms with E-state index in [1.807, 2.05) is 0 Å². The molecule has 0 bridgehead atoms. The van der Waals surface area contributed by atoms with Gasteiger partial charge in [0.15, 0.2) is 5.65 Å². The maximum atomic E-state index is 12.8. The highest BCUT2D eigenvalue weighted by Crippen LogP contribution is 2.36. The van der Waals surface area contributed by atoms with Gasteiger partial charge in [0.25, 0.3) is 6.43 Å². The summed E-state index contributed by atoms with van der Waals surface area (Å²) in [5.74, 6) is 0.171. The first-order valence-electron chi connectivity index (χ1n) is 7.22. The van der Waals surface area contributed by atoms with Gasteiger partial charge >= 0.3 is 0 Å². The number of hydrogen-bond acceptors (Lipinski definition) is 4. The van der Waals surface area contributed by atoms with E-state index in [-0.39, 0.29) is 0 Å². The van der Waals surface area contributed by atoms with Gasteiger partial charge in [-0.05, 0) is 36.8 Å². The van der Waals surface area contributed by atoms with Crippen molar-refractivity contribution < 1.29 is 8.78 Å². The van der Waals surface area contributed by atoms with E-state index in [1.54, 1.807) is 12.1 Å². The minimum atomic E-state index is -2.68. The van der Waals surface area contributed by atoms with Gasteiger partial charge in [0, 0.05) is 6.04 Å². The van der Waals surface area contributed by atoms with Crippen LogP contribution in [0.25, 0.3) is 5.65 Å². The molecular weight excluding hydrogens is 276 g/mol. The molecule has 0 saturated heterocycles. The van der Waals surface area contributed by atoms with Gasteiger partial charge in [-0.3, -0.25) is 0 Å². The SMILES string of the molecule is CC1(C)CCCC(Nc2ccc3nnc(C(F)F)n3n2)C1. The fourth-order valence-corrected chi connectivity index (χ4v) is 3.05. The Kier molecular flexibility index (Phi) is 3.51. The maximum absolute atomic E-state index is 12.8. The number of rotatable bonds is 3. The average Bonchev–Trinajstić information content (AvgIpc) is 2.80. The van der Waals surface area contributed by atoms with Crippen molar-refractivity contribution in [1.82, 2.24) is 19.8 Å². The van der Waals surface area contributed by atoms with Gasteiger partial charge in [-0.15, -0.1) is 15.3 Å². The Hall–Kier alpha value is -1.79. The van der Waals surface area contributed by atoms with Crippen LogP contribution in [-0.2, 0) is 0 Å². The lowest BCUT2D eigenvalue weighted by molar-refractivity contribution is 0.137. The van der Waals surface area contributed by atoms with E-state index in [0.29, 0.717) is 22.9 Å². The second-order valence-corrected chi connectivity index (χ2v) is 6.45. The molecule has 3 rings (SSSR count). The minimum absolute atomic E-state index is 0.310. The van der Waals surface area contributed by atoms with Gasteiger partial charge in [0.05, 0.1) is 0 Å². The lowest BCUT2D eigenvalue weighted by atomic mass is 9.75. The largest absolute Gasteiger partial charge is 0.366 e. The molecule has 0 aromatic carbocycles. The van der Waals surface area contributed by atoms with E-state index in [1.165, 1.54) is 12.8 Å². The number of hydrogen-bond donors (Lipinski definition) is 1. The Morgan fingerprint density at radius 3 is 2.86 bits per heavy atom. The smallest absolute Gasteiger partial charge is 0.299 e. The fourth-order valence-electron chi connectivity index (χ4n) is 3.05. The van der Waals surface area contributed by atoms with E-state index in [0.717, 1.165) is 17.4 Å². The molecule has 5 nitrogen and oxygen atoms in total. The summed E-state index contributed by atoms with van der Waals surface area (Å²) in [5, 5.41) is 14.7. The molecule has 0 radical (unpaired) electrons. The van der Waals surface area contributed by atoms with E-state index >= 15 is 0 Å². The van der Waals surface area contributed by atoms with Crippen LogP contribution in [0.15, 0.2) is 12.1 Å². The number of nitrogens with zero attached hydrogens (tertiary/aromatic N) is 4. The summed E-state index contributed by atoms with van der Waals surface area (Å²) in [6.45, 7) is 4.51. The van der Waals surface area contributed by atoms with Crippen molar-refractivity contribution >= 4 is 11.5 Å². The molecule has 1 N–H and O–H groups in total. The minimum Gasteiger partial charge on any atom is -0.366 e. The fraction of sp³-hybridized carbons (Fsp3) is 0.643. The molecule has 0 aliphatic heterocycles. The molecule has 2 aromatic heterocycles. The summed E-state index contributed by atoms with van der Waals surface area (Å²) in [4.78, 5) is 0. The highest BCUT2D eigenvalue weighted by Gasteiger charge is 2.28. The number of anilines is 1. The van der Waals surface area contributed by atoms with Crippen molar-refractivity contribution in [1.29, 1.82) is 0 Å². The van der Waals surface area contributed by atoms with Crippen LogP contribution in [0.1, 0.15) is 51.8 Å². The second-order valence-electron chi connectivity index (χ2n) is 6.45. The number of aromatic nitrogens is 4. The van der Waals surface area contributed by atoms with Crippen molar-refractivity contribution in [3.63, 3.8) is 0 Å². The number of fused-ring (bicyclic) bond motifs is 1. The van der Waals surface area contributed by atoms with Crippen LogP contribution in [0.2, 0.25) is 0 Å². The quantitative estimate of drug-likeness (QED) is 0.942. The molecule has 1 saturated carbocycles. The zero-order valence-corrected chi connectivity index (χ0v) is 12.2. The van der Waals surface area contributed by atoms with Gasteiger partial charge in [0.2, 0.25) is 5.82 Å². The first kappa shape index (κ1) is 14.2. The lowest BCUT2D eigenvalue weighted by Gasteiger charge is -2.35. The molecule has 1 aliphatic rings. The molecule has 1 aliphatic carbocycles. The summed E-state index contributed by atoms with van der Waals surface area (Å²) in [7, 11) is 0. The van der Waals surface area contributed by atoms with Crippen LogP contribution in [0.4, 0.5) is 14.6 Å². The van der Waals surface area contributed by atoms with Gasteiger partial charge in [0.1, 0.15) is 5.82 Å². The molecule has 1 atom stereocenters. The Labute approximate surface area is 121 Å². The van der Waals surface area contributed by atoms with Crippen LogP contribution in [0.5, 0.6) is 0 Å². The first-order chi connectivity index (χ1) is 9.94. The van der Waals surface area contributed by atoms with Crippen LogP contribution in [0, 0.1) is 5.41 Å². The summed E-state index contributed by atoms with van der Waals surface area (Å²) in [5.41, 5.74) is 0.643. The van der Waals surface area contributed by atoms with Crippen LogP contribution in [0.3, 0.4) is 0 Å². The number of halogens is 2. The predicted molar refractivity (Wildman–Crippen MR) is 75.4 cm³/mol. The zero-order valence-electron chi connectivity index (χ0n) is 12.2. The van der Waals surface area contributed by atoms with Gasteiger partial charge in [-0.1, -0.05) is 20.3 Å². The summed E-state index contributed by atoms with van der Waals surface area (Å²) < 4.78 is 26.8. The highest BCUT2D eigenvalue weighted by atomic mass is 19.3. The number of nitrogens with one attached hydrogen (secondary N) is 1. The van der Waals surface area contributed by atoms with Crippen molar-refractivity contribution in [3.8, 4) is 0 Å². The third kappa shape index (κ3) is 2.96. The second kappa shape index (κ2) is 5.20. The zero-order chi connectivity index (χ0) is 15.0. The summed E-state index contributed by atoms with van der Waals surface area (Å²) >= 11 is 0. The molecule has 21 heavy (non-hydrogen) atoms. The van der Waals surface area contributed by atoms with E-state index in [2.05, 4.69) is 34.5 Å². The molecule has 0 amide bonds. The van der Waals surface area contributed by atoms with E-state index < -0.39 is 12.2 Å². The molecule has 2 heterocycles. The van der Waals surface area contributed by atoms with E-state index in [4.69, 9.17) is 0 Å². The maximum Gasteiger partial charge on any atom is 0.299 e. The Morgan fingerprint density at radius 1 is 1.33 bits per heavy atom. The monoisotopic (exact) mass is 295 g/mol. The van der Waals surface area contributed by atoms with Crippen molar-refractivity contribution in [2.45, 2.75) is 52.0 Å². The van der Waals surface area contributed by atoms with Crippen LogP contribution in [-0.4, -0.2) is 25.9 Å². The van der Waals surface area contributed by atoms with Crippen molar-refractivity contribution in [2.24, 2.45) is 5.41 Å². The predicted octanol–water partition coefficient (Wildman–Crippen LogP) is 3.44. The average molecular weight is 295 g/mol. The molecule has 1 unspecified atom stereocenters. The molecular formula is C14H19F2N5. The van der Waals surface area contributed by atoms with Crippen LogP contribution >= 0.6 is 0 Å². The van der Waals surface area contributed by atoms with Crippen molar-refractivity contribution in [3.05, 3.63) is 18.0 Å². The van der Waals surface area contributed by atoms with Crippen molar-refractivity contribution in [2.75, 3.05) is 5.32 Å². The standard InChI is InChI=1S/C14H19F2N5/c1-14(2)7-3-4-9(8-14)17-10-5-6-11-18-19-13(12(15)16)21(11)20-10/h5-6,9,12H,3-4,7-8H2,1-2H3,(H,17,20). The summed E-state index contributed by atoms with van der Waals surface area (Å²) in [6.07, 6.45) is 1.83. The van der Waals surface area contributed by atoms with Gasteiger partial charge in [-0.2, -0.15) is 4.52 Å². The topological polar surface area (TPSA) is 55.1 Å². The molecule has 0 spiro atoms. The van der Waals surface area contributed by atoms with Gasteiger partial charge < -0.3 is 5.32 Å². The first-order valence-corrected chi connectivity index (χ1v) is 7.22. The summed E-state index contributed by atoms with van der Waals surface area (Å²) in [6, 6.07) is 3.74. The number of alkyl halides is 2. The highest BCUT2D eigenvalue weighted by molar-refractivity contribution is 5.44. The Balaban J connectivity index is 1.82. The lowest BCUT2D eigenvalue weighted by Crippen LogP contribution is -2.32. The Morgan fingerprint density at radius 2 is 2.14 bits per heavy atom. The third-order valence-corrected chi connectivity index (χ3v) is 4.04. The molecule has 114 valence electrons. The van der Waals surface area contributed by atoms with Crippen LogP contribution < -0.4 is 5.32 Å². The normalized spacial score (nSPS) is 21.9. The van der Waals surface area contributed by atoms with Gasteiger partial charge in [-0.25, -0.2) is 8.78 Å². The molecule has 2 aromatic rings.